The molecule has 0 aromatic heterocycles. The van der Waals surface area contributed by atoms with E-state index in [1.54, 1.807) is 4.90 Å². The van der Waals surface area contributed by atoms with E-state index in [0.29, 0.717) is 19.4 Å². The van der Waals surface area contributed by atoms with Gasteiger partial charge in [0.15, 0.2) is 0 Å². The van der Waals surface area contributed by atoms with Crippen LogP contribution in [0.3, 0.4) is 0 Å². The lowest BCUT2D eigenvalue weighted by atomic mass is 9.73. The molecule has 7 heteroatoms. The smallest absolute Gasteiger partial charge is 0.407 e. The van der Waals surface area contributed by atoms with Gasteiger partial charge < -0.3 is 20.1 Å². The molecule has 2 aromatic carbocycles. The molecule has 2 aliphatic heterocycles. The standard InChI is InChI=1S/C28H30N2O5/c1-28(26(33)30-14-16-13-22(30)24(16)25(31)32)12-6-11-23(28)29-27(34)35-15-21-19-9-4-2-7-17(19)18-8-3-5-10-20(18)21/h2-5,7-10,16,21-24H,6,11-15H2,1H3,(H,29,34)(H,31,32). The first-order chi connectivity index (χ1) is 16.9. The molecule has 3 aliphatic carbocycles. The van der Waals surface area contributed by atoms with Crippen molar-refractivity contribution < 1.29 is 24.2 Å². The number of carbonyl (C=O) groups is 3. The van der Waals surface area contributed by atoms with E-state index in [1.807, 2.05) is 31.2 Å². The quantitative estimate of drug-likeness (QED) is 0.683. The van der Waals surface area contributed by atoms with Crippen LogP contribution in [0.2, 0.25) is 0 Å². The van der Waals surface area contributed by atoms with Gasteiger partial charge >= 0.3 is 12.1 Å². The fraction of sp³-hybridized carbons (Fsp3) is 0.464. The highest BCUT2D eigenvalue weighted by atomic mass is 16.5. The molecule has 2 saturated carbocycles. The highest BCUT2D eigenvalue weighted by Gasteiger charge is 2.60. The van der Waals surface area contributed by atoms with Crippen molar-refractivity contribution in [2.75, 3.05) is 13.2 Å². The van der Waals surface area contributed by atoms with Gasteiger partial charge in [0, 0.05) is 24.5 Å². The Bertz CT molecular complexity index is 1170. The number of carboxylic acids is 1. The van der Waals surface area contributed by atoms with Gasteiger partial charge in [0.25, 0.3) is 0 Å². The molecule has 0 radical (unpaired) electrons. The summed E-state index contributed by atoms with van der Waals surface area (Å²) in [6.45, 7) is 2.64. The van der Waals surface area contributed by atoms with Gasteiger partial charge in [0.05, 0.1) is 11.3 Å². The van der Waals surface area contributed by atoms with Crippen molar-refractivity contribution in [2.45, 2.75) is 50.6 Å². The summed E-state index contributed by atoms with van der Waals surface area (Å²) in [5, 5.41) is 12.5. The molecule has 2 saturated heterocycles. The Morgan fingerprint density at radius 1 is 1.09 bits per heavy atom. The molecule has 2 bridgehead atoms. The average Bonchev–Trinajstić information content (AvgIpc) is 3.59. The number of carbonyl (C=O) groups excluding carboxylic acids is 2. The van der Waals surface area contributed by atoms with Crippen LogP contribution in [-0.4, -0.2) is 53.2 Å². The summed E-state index contributed by atoms with van der Waals surface area (Å²) in [7, 11) is 0. The first-order valence-electron chi connectivity index (χ1n) is 12.5. The number of rotatable bonds is 5. The molecule has 2 heterocycles. The van der Waals surface area contributed by atoms with E-state index in [0.717, 1.165) is 24.0 Å². The molecule has 5 unspecified atom stereocenters. The number of fused-ring (bicyclic) bond motifs is 4. The van der Waals surface area contributed by atoms with Gasteiger partial charge in [-0.25, -0.2) is 4.79 Å². The van der Waals surface area contributed by atoms with Crippen molar-refractivity contribution in [3.63, 3.8) is 0 Å². The van der Waals surface area contributed by atoms with Gasteiger partial charge in [-0.05, 0) is 54.4 Å². The van der Waals surface area contributed by atoms with Crippen LogP contribution < -0.4 is 5.32 Å². The summed E-state index contributed by atoms with van der Waals surface area (Å²) >= 11 is 0. The fourth-order valence-corrected chi connectivity index (χ4v) is 6.98. The lowest BCUT2D eigenvalue weighted by Gasteiger charge is -2.38. The highest BCUT2D eigenvalue weighted by Crippen LogP contribution is 2.50. The predicted molar refractivity (Wildman–Crippen MR) is 129 cm³/mol. The molecule has 2 N–H and O–H groups in total. The Labute approximate surface area is 204 Å². The molecule has 35 heavy (non-hydrogen) atoms. The minimum absolute atomic E-state index is 0.0194. The molecule has 0 spiro atoms. The Morgan fingerprint density at radius 2 is 1.74 bits per heavy atom. The van der Waals surface area contributed by atoms with Crippen molar-refractivity contribution >= 4 is 18.0 Å². The number of aliphatic carboxylic acids is 1. The number of ether oxygens (including phenoxy) is 1. The van der Waals surface area contributed by atoms with Crippen molar-refractivity contribution in [1.29, 1.82) is 0 Å². The van der Waals surface area contributed by atoms with Crippen LogP contribution in [0.25, 0.3) is 11.1 Å². The second-order valence-electron chi connectivity index (χ2n) is 10.7. The topological polar surface area (TPSA) is 95.9 Å². The van der Waals surface area contributed by atoms with Crippen molar-refractivity contribution in [3.8, 4) is 11.1 Å². The minimum Gasteiger partial charge on any atom is -0.481 e. The Kier molecular flexibility index (Phi) is 5.13. The Hall–Kier alpha value is -3.35. The van der Waals surface area contributed by atoms with E-state index < -0.39 is 23.4 Å². The van der Waals surface area contributed by atoms with Gasteiger partial charge in [-0.15, -0.1) is 0 Å². The lowest BCUT2D eigenvalue weighted by Crippen LogP contribution is -2.54. The summed E-state index contributed by atoms with van der Waals surface area (Å²) in [6.07, 6.45) is 2.47. The molecular formula is C28H30N2O5. The third-order valence-corrected chi connectivity index (χ3v) is 8.93. The highest BCUT2D eigenvalue weighted by molar-refractivity contribution is 5.87. The first kappa shape index (κ1) is 22.1. The second-order valence-corrected chi connectivity index (χ2v) is 10.7. The van der Waals surface area contributed by atoms with E-state index in [2.05, 4.69) is 29.6 Å². The number of carboxylic acid groups (broad SMARTS) is 1. The maximum atomic E-state index is 13.5. The number of alkyl carbamates (subject to hydrolysis) is 1. The van der Waals surface area contributed by atoms with E-state index in [4.69, 9.17) is 4.74 Å². The van der Waals surface area contributed by atoms with Crippen LogP contribution in [0, 0.1) is 17.3 Å². The molecule has 2 amide bonds. The molecule has 7 rings (SSSR count). The van der Waals surface area contributed by atoms with E-state index in [-0.39, 0.29) is 36.4 Å². The third kappa shape index (κ3) is 3.35. The number of nitrogens with zero attached hydrogens (tertiary/aromatic N) is 1. The van der Waals surface area contributed by atoms with E-state index >= 15 is 0 Å². The molecule has 5 atom stereocenters. The molecule has 7 nitrogen and oxygen atoms in total. The number of amides is 2. The molecular weight excluding hydrogens is 444 g/mol. The third-order valence-electron chi connectivity index (χ3n) is 8.93. The molecule has 4 fully saturated rings. The van der Waals surface area contributed by atoms with Gasteiger partial charge in [-0.2, -0.15) is 0 Å². The van der Waals surface area contributed by atoms with Crippen molar-refractivity contribution in [1.82, 2.24) is 10.2 Å². The number of hydrogen-bond donors (Lipinski definition) is 2. The van der Waals surface area contributed by atoms with Crippen molar-refractivity contribution in [3.05, 3.63) is 59.7 Å². The molecule has 2 aromatic rings. The van der Waals surface area contributed by atoms with Gasteiger partial charge in [0.2, 0.25) is 5.91 Å². The van der Waals surface area contributed by atoms with Crippen molar-refractivity contribution in [2.24, 2.45) is 17.3 Å². The second kappa shape index (κ2) is 8.11. The van der Waals surface area contributed by atoms with Crippen LogP contribution >= 0.6 is 0 Å². The fourth-order valence-electron chi connectivity index (χ4n) is 6.98. The number of benzene rings is 2. The maximum Gasteiger partial charge on any atom is 0.407 e. The van der Waals surface area contributed by atoms with Gasteiger partial charge in [-0.3, -0.25) is 9.59 Å². The number of hydrogen-bond acceptors (Lipinski definition) is 4. The summed E-state index contributed by atoms with van der Waals surface area (Å²) < 4.78 is 5.73. The lowest BCUT2D eigenvalue weighted by molar-refractivity contribution is -0.150. The predicted octanol–water partition coefficient (Wildman–Crippen LogP) is 4.02. The monoisotopic (exact) mass is 474 g/mol. The van der Waals surface area contributed by atoms with Crippen LogP contribution in [-0.2, 0) is 14.3 Å². The zero-order valence-corrected chi connectivity index (χ0v) is 19.8. The van der Waals surface area contributed by atoms with Crippen LogP contribution in [0.1, 0.15) is 49.7 Å². The Balaban J connectivity index is 1.12. The van der Waals surface area contributed by atoms with Gasteiger partial charge in [0.1, 0.15) is 6.61 Å². The SMILES string of the molecule is CC1(C(=O)N2CC3CC2C3C(=O)O)CCCC1NC(=O)OCC1c2ccccc2-c2ccccc21. The zero-order chi connectivity index (χ0) is 24.3. The summed E-state index contributed by atoms with van der Waals surface area (Å²) in [4.78, 5) is 39.7. The first-order valence-corrected chi connectivity index (χ1v) is 12.5. The normalized spacial score (nSPS) is 30.4. The van der Waals surface area contributed by atoms with Crippen LogP contribution in [0.5, 0.6) is 0 Å². The summed E-state index contributed by atoms with van der Waals surface area (Å²) in [6, 6.07) is 15.9. The zero-order valence-electron chi connectivity index (χ0n) is 19.8. The molecule has 182 valence electrons. The summed E-state index contributed by atoms with van der Waals surface area (Å²) in [5.74, 6) is -1.26. The van der Waals surface area contributed by atoms with Crippen LogP contribution in [0.15, 0.2) is 48.5 Å². The van der Waals surface area contributed by atoms with E-state index in [1.165, 1.54) is 11.1 Å². The summed E-state index contributed by atoms with van der Waals surface area (Å²) in [5.41, 5.74) is 3.92. The van der Waals surface area contributed by atoms with Crippen LogP contribution in [0.4, 0.5) is 4.79 Å². The van der Waals surface area contributed by atoms with Gasteiger partial charge in [-0.1, -0.05) is 55.0 Å². The Morgan fingerprint density at radius 3 is 2.37 bits per heavy atom. The maximum absolute atomic E-state index is 13.5. The molecule has 5 aliphatic rings. The number of nitrogens with one attached hydrogen (secondary N) is 1. The largest absolute Gasteiger partial charge is 0.481 e. The average molecular weight is 475 g/mol. The van der Waals surface area contributed by atoms with E-state index in [9.17, 15) is 19.5 Å². The minimum atomic E-state index is -0.813.